The van der Waals surface area contributed by atoms with E-state index < -0.39 is 0 Å². The lowest BCUT2D eigenvalue weighted by Gasteiger charge is -2.10. The van der Waals surface area contributed by atoms with Crippen molar-refractivity contribution in [3.05, 3.63) is 57.7 Å². The predicted octanol–water partition coefficient (Wildman–Crippen LogP) is 3.43. The Balaban J connectivity index is 2.08. The summed E-state index contributed by atoms with van der Waals surface area (Å²) in [5.74, 6) is 1.37. The van der Waals surface area contributed by atoms with E-state index in [2.05, 4.69) is 63.7 Å². The first-order chi connectivity index (χ1) is 7.75. The first-order valence-electron chi connectivity index (χ1n) is 5.27. The molecule has 0 aliphatic rings. The van der Waals surface area contributed by atoms with Gasteiger partial charge in [0.05, 0.1) is 0 Å². The summed E-state index contributed by atoms with van der Waals surface area (Å²) in [6.07, 6.45) is 4.61. The van der Waals surface area contributed by atoms with Crippen molar-refractivity contribution < 1.29 is 0 Å². The maximum atomic E-state index is 4.33. The first-order valence-corrected chi connectivity index (χ1v) is 6.35. The normalized spacial score (nSPS) is 12.4. The molecule has 0 amide bonds. The molecule has 0 spiro atoms. The van der Waals surface area contributed by atoms with Crippen molar-refractivity contribution >= 4 is 22.6 Å². The summed E-state index contributed by atoms with van der Waals surface area (Å²) in [6.45, 7) is 2.21. The Kier molecular flexibility index (Phi) is 3.88. The molecule has 0 N–H and O–H groups in total. The third kappa shape index (κ3) is 3.01. The van der Waals surface area contributed by atoms with Gasteiger partial charge in [-0.2, -0.15) is 0 Å². The zero-order valence-corrected chi connectivity index (χ0v) is 11.3. The lowest BCUT2D eigenvalue weighted by Crippen LogP contribution is -2.02. The first kappa shape index (κ1) is 11.5. The van der Waals surface area contributed by atoms with Crippen molar-refractivity contribution in [1.29, 1.82) is 0 Å². The second kappa shape index (κ2) is 5.39. The molecule has 0 saturated carbocycles. The van der Waals surface area contributed by atoms with Crippen LogP contribution in [0.4, 0.5) is 0 Å². The maximum Gasteiger partial charge on any atom is 0.128 e. The molecular weight excluding hydrogens is 311 g/mol. The van der Waals surface area contributed by atoms with Gasteiger partial charge in [0.15, 0.2) is 0 Å². The molecule has 0 bridgehead atoms. The van der Waals surface area contributed by atoms with Crippen LogP contribution in [0.15, 0.2) is 42.7 Å². The van der Waals surface area contributed by atoms with Crippen molar-refractivity contribution in [3.63, 3.8) is 0 Å². The number of rotatable bonds is 3. The molecule has 0 aliphatic carbocycles. The molecule has 1 heterocycles. The van der Waals surface area contributed by atoms with E-state index in [4.69, 9.17) is 0 Å². The number of benzene rings is 1. The van der Waals surface area contributed by atoms with E-state index in [1.54, 1.807) is 0 Å². The third-order valence-electron chi connectivity index (χ3n) is 2.53. The fourth-order valence-corrected chi connectivity index (χ4v) is 1.90. The van der Waals surface area contributed by atoms with E-state index in [0.717, 1.165) is 15.8 Å². The average molecular weight is 324 g/mol. The molecule has 0 radical (unpaired) electrons. The van der Waals surface area contributed by atoms with Gasteiger partial charge in [0.25, 0.3) is 0 Å². The van der Waals surface area contributed by atoms with Gasteiger partial charge < -0.3 is 0 Å². The molecule has 0 saturated heterocycles. The van der Waals surface area contributed by atoms with Gasteiger partial charge in [-0.15, -0.1) is 0 Å². The molecule has 16 heavy (non-hydrogen) atoms. The number of nitrogens with zero attached hydrogens (tertiary/aromatic N) is 2. The Bertz CT molecular complexity index is 439. The van der Waals surface area contributed by atoms with E-state index in [9.17, 15) is 0 Å². The van der Waals surface area contributed by atoms with Gasteiger partial charge in [-0.1, -0.05) is 37.3 Å². The molecule has 2 rings (SSSR count). The van der Waals surface area contributed by atoms with E-state index in [1.165, 1.54) is 5.56 Å². The lowest BCUT2D eigenvalue weighted by molar-refractivity contribution is 0.716. The van der Waals surface area contributed by atoms with Crippen LogP contribution in [0.25, 0.3) is 0 Å². The monoisotopic (exact) mass is 324 g/mol. The summed E-state index contributed by atoms with van der Waals surface area (Å²) in [4.78, 5) is 8.65. The molecule has 82 valence electrons. The standard InChI is InChI=1S/C13H13IN2/c1-10(11-5-3-2-4-6-11)7-13-15-8-12(14)9-16-13/h2-6,8-10H,7H2,1H3/t10-/m0/s1. The second-order valence-corrected chi connectivity index (χ2v) is 5.08. The average Bonchev–Trinajstić information content (AvgIpc) is 2.33. The molecule has 2 nitrogen and oxygen atoms in total. The fourth-order valence-electron chi connectivity index (χ4n) is 1.62. The highest BCUT2D eigenvalue weighted by atomic mass is 127. The Morgan fingerprint density at radius 2 is 1.75 bits per heavy atom. The summed E-state index contributed by atoms with van der Waals surface area (Å²) in [6, 6.07) is 10.5. The minimum atomic E-state index is 0.460. The summed E-state index contributed by atoms with van der Waals surface area (Å²) < 4.78 is 1.08. The largest absolute Gasteiger partial charge is 0.240 e. The topological polar surface area (TPSA) is 25.8 Å². The highest BCUT2D eigenvalue weighted by Crippen LogP contribution is 2.18. The van der Waals surface area contributed by atoms with Crippen molar-refractivity contribution in [2.45, 2.75) is 19.3 Å². The summed E-state index contributed by atoms with van der Waals surface area (Å²) in [5, 5.41) is 0. The fraction of sp³-hybridized carbons (Fsp3) is 0.231. The highest BCUT2D eigenvalue weighted by molar-refractivity contribution is 14.1. The molecule has 3 heteroatoms. The number of hydrogen-bond acceptors (Lipinski definition) is 2. The van der Waals surface area contributed by atoms with E-state index in [1.807, 2.05) is 18.5 Å². The van der Waals surface area contributed by atoms with E-state index in [0.29, 0.717) is 5.92 Å². The summed E-state index contributed by atoms with van der Waals surface area (Å²) >= 11 is 2.22. The van der Waals surface area contributed by atoms with Crippen LogP contribution in [0.2, 0.25) is 0 Å². The zero-order valence-electron chi connectivity index (χ0n) is 9.10. The molecule has 2 aromatic rings. The Labute approximate surface area is 109 Å². The van der Waals surface area contributed by atoms with Gasteiger partial charge in [0.1, 0.15) is 5.82 Å². The van der Waals surface area contributed by atoms with Crippen LogP contribution in [0.5, 0.6) is 0 Å². The van der Waals surface area contributed by atoms with Gasteiger partial charge >= 0.3 is 0 Å². The molecule has 1 aromatic carbocycles. The lowest BCUT2D eigenvalue weighted by atomic mass is 9.98. The Morgan fingerprint density at radius 1 is 1.12 bits per heavy atom. The third-order valence-corrected chi connectivity index (χ3v) is 3.09. The highest BCUT2D eigenvalue weighted by Gasteiger charge is 2.07. The van der Waals surface area contributed by atoms with Crippen molar-refractivity contribution in [2.24, 2.45) is 0 Å². The molecular formula is C13H13IN2. The number of halogens is 1. The Morgan fingerprint density at radius 3 is 2.38 bits per heavy atom. The Hall–Kier alpha value is -0.970. The van der Waals surface area contributed by atoms with Crippen LogP contribution in [0.1, 0.15) is 24.2 Å². The van der Waals surface area contributed by atoms with Crippen molar-refractivity contribution in [1.82, 2.24) is 9.97 Å². The SMILES string of the molecule is C[C@@H](Cc1ncc(I)cn1)c1ccccc1. The van der Waals surface area contributed by atoms with Crippen LogP contribution in [0.3, 0.4) is 0 Å². The molecule has 1 aromatic heterocycles. The zero-order chi connectivity index (χ0) is 11.4. The van der Waals surface area contributed by atoms with Gasteiger partial charge in [-0.05, 0) is 34.1 Å². The molecule has 1 atom stereocenters. The van der Waals surface area contributed by atoms with Crippen molar-refractivity contribution in [2.75, 3.05) is 0 Å². The molecule has 0 aliphatic heterocycles. The number of hydrogen-bond donors (Lipinski definition) is 0. The molecule has 0 fully saturated rings. The van der Waals surface area contributed by atoms with Crippen LogP contribution in [-0.2, 0) is 6.42 Å². The van der Waals surface area contributed by atoms with E-state index in [-0.39, 0.29) is 0 Å². The second-order valence-electron chi connectivity index (χ2n) is 3.83. The predicted molar refractivity (Wildman–Crippen MR) is 73.3 cm³/mol. The quantitative estimate of drug-likeness (QED) is 0.809. The van der Waals surface area contributed by atoms with Crippen LogP contribution < -0.4 is 0 Å². The van der Waals surface area contributed by atoms with Gasteiger partial charge in [0.2, 0.25) is 0 Å². The summed E-state index contributed by atoms with van der Waals surface area (Å²) in [7, 11) is 0. The smallest absolute Gasteiger partial charge is 0.128 e. The van der Waals surface area contributed by atoms with Crippen LogP contribution in [0, 0.1) is 3.57 Å². The van der Waals surface area contributed by atoms with Gasteiger partial charge in [0, 0.05) is 22.4 Å². The van der Waals surface area contributed by atoms with Crippen LogP contribution >= 0.6 is 22.6 Å². The van der Waals surface area contributed by atoms with Crippen LogP contribution in [-0.4, -0.2) is 9.97 Å². The number of aromatic nitrogens is 2. The minimum Gasteiger partial charge on any atom is -0.240 e. The summed E-state index contributed by atoms with van der Waals surface area (Å²) in [5.41, 5.74) is 1.34. The maximum absolute atomic E-state index is 4.33. The minimum absolute atomic E-state index is 0.460. The van der Waals surface area contributed by atoms with Gasteiger partial charge in [-0.25, -0.2) is 9.97 Å². The van der Waals surface area contributed by atoms with E-state index >= 15 is 0 Å². The van der Waals surface area contributed by atoms with Gasteiger partial charge in [-0.3, -0.25) is 0 Å². The molecule has 0 unspecified atom stereocenters. The van der Waals surface area contributed by atoms with Crippen molar-refractivity contribution in [3.8, 4) is 0 Å².